The molecule has 0 saturated heterocycles. The fourth-order valence-electron chi connectivity index (χ4n) is 4.65. The van der Waals surface area contributed by atoms with Gasteiger partial charge in [0.15, 0.2) is 11.5 Å². The van der Waals surface area contributed by atoms with Crippen molar-refractivity contribution in [1.82, 2.24) is 24.6 Å². The van der Waals surface area contributed by atoms with Gasteiger partial charge in [-0.15, -0.1) is 0 Å². The number of nitrogens with one attached hydrogen (secondary N) is 2. The third-order valence-electron chi connectivity index (χ3n) is 6.53. The summed E-state index contributed by atoms with van der Waals surface area (Å²) in [6.45, 7) is 13.2. The summed E-state index contributed by atoms with van der Waals surface area (Å²) in [5, 5.41) is 6.47. The SMILES string of the molecule is CC(F)F.CCCN(CCC)CCCNC(=O)c1ccc(Nc2nccn3c(-c4ccc(C)cc4)cnc23)cc1C. The maximum atomic E-state index is 12.8. The summed E-state index contributed by atoms with van der Waals surface area (Å²) in [7, 11) is 0. The maximum absolute atomic E-state index is 12.8. The molecule has 4 aromatic rings. The smallest absolute Gasteiger partial charge is 0.251 e. The molecule has 2 heterocycles. The lowest BCUT2D eigenvalue weighted by molar-refractivity contribution is 0.0951. The fourth-order valence-corrected chi connectivity index (χ4v) is 4.65. The molecule has 0 aliphatic carbocycles. The van der Waals surface area contributed by atoms with Gasteiger partial charge >= 0.3 is 0 Å². The number of carbonyl (C=O) groups excluding carboxylic acids is 1. The Morgan fingerprint density at radius 2 is 1.68 bits per heavy atom. The zero-order valence-electron chi connectivity index (χ0n) is 24.8. The first kappa shape index (κ1) is 31.7. The summed E-state index contributed by atoms with van der Waals surface area (Å²) < 4.78 is 22.7. The number of fused-ring (bicyclic) bond motifs is 1. The fraction of sp³-hybridized carbons (Fsp3) is 0.406. The molecule has 7 nitrogen and oxygen atoms in total. The van der Waals surface area contributed by atoms with Crippen molar-refractivity contribution in [3.05, 3.63) is 77.7 Å². The first-order valence-corrected chi connectivity index (χ1v) is 14.3. The first-order chi connectivity index (χ1) is 19.7. The Morgan fingerprint density at radius 1 is 1.00 bits per heavy atom. The minimum absolute atomic E-state index is 0.0298. The third-order valence-corrected chi connectivity index (χ3v) is 6.53. The van der Waals surface area contributed by atoms with Crippen LogP contribution in [0.5, 0.6) is 0 Å². The number of hydrogen-bond acceptors (Lipinski definition) is 5. The second kappa shape index (κ2) is 15.8. The number of benzene rings is 2. The number of rotatable bonds is 12. The lowest BCUT2D eigenvalue weighted by Gasteiger charge is -2.20. The van der Waals surface area contributed by atoms with Crippen molar-refractivity contribution in [2.75, 3.05) is 31.5 Å². The molecule has 0 atom stereocenters. The van der Waals surface area contributed by atoms with E-state index in [1.807, 2.05) is 41.9 Å². The predicted octanol–water partition coefficient (Wildman–Crippen LogP) is 7.27. The van der Waals surface area contributed by atoms with Gasteiger partial charge in [-0.2, -0.15) is 0 Å². The Bertz CT molecular complexity index is 1380. The maximum Gasteiger partial charge on any atom is 0.251 e. The van der Waals surface area contributed by atoms with E-state index >= 15 is 0 Å². The lowest BCUT2D eigenvalue weighted by atomic mass is 10.1. The molecule has 2 aromatic carbocycles. The molecular formula is C32H42F2N6O. The number of carbonyl (C=O) groups is 1. The molecule has 4 rings (SSSR count). The van der Waals surface area contributed by atoms with E-state index in [1.54, 1.807) is 6.20 Å². The van der Waals surface area contributed by atoms with Crippen LogP contribution in [0, 0.1) is 13.8 Å². The second-order valence-corrected chi connectivity index (χ2v) is 10.1. The van der Waals surface area contributed by atoms with E-state index in [4.69, 9.17) is 0 Å². The summed E-state index contributed by atoms with van der Waals surface area (Å²) >= 11 is 0. The van der Waals surface area contributed by atoms with Gasteiger partial charge < -0.3 is 15.5 Å². The highest BCUT2D eigenvalue weighted by atomic mass is 19.3. The van der Waals surface area contributed by atoms with E-state index in [-0.39, 0.29) is 5.91 Å². The average Bonchev–Trinajstić information content (AvgIpc) is 3.37. The zero-order valence-corrected chi connectivity index (χ0v) is 24.8. The summed E-state index contributed by atoms with van der Waals surface area (Å²) in [4.78, 5) is 24.4. The highest BCUT2D eigenvalue weighted by Gasteiger charge is 2.13. The van der Waals surface area contributed by atoms with E-state index in [2.05, 4.69) is 70.5 Å². The van der Waals surface area contributed by atoms with Crippen LogP contribution in [-0.4, -0.2) is 57.8 Å². The van der Waals surface area contributed by atoms with Crippen LogP contribution in [0.2, 0.25) is 0 Å². The molecule has 1 amide bonds. The number of halogens is 2. The summed E-state index contributed by atoms with van der Waals surface area (Å²) in [5.41, 5.74) is 6.55. The summed E-state index contributed by atoms with van der Waals surface area (Å²) in [6, 6.07) is 14.2. The summed E-state index contributed by atoms with van der Waals surface area (Å²) in [5.74, 6) is 0.638. The van der Waals surface area contributed by atoms with Gasteiger partial charge in [-0.1, -0.05) is 43.7 Å². The quantitative estimate of drug-likeness (QED) is 0.177. The number of imidazole rings is 1. The van der Waals surface area contributed by atoms with Crippen molar-refractivity contribution < 1.29 is 13.6 Å². The van der Waals surface area contributed by atoms with Crippen molar-refractivity contribution in [3.8, 4) is 11.3 Å². The Morgan fingerprint density at radius 3 is 2.32 bits per heavy atom. The number of anilines is 2. The van der Waals surface area contributed by atoms with Gasteiger partial charge in [-0.05, 0) is 83.4 Å². The lowest BCUT2D eigenvalue weighted by Crippen LogP contribution is -2.31. The van der Waals surface area contributed by atoms with E-state index in [0.29, 0.717) is 17.9 Å². The molecule has 220 valence electrons. The summed E-state index contributed by atoms with van der Waals surface area (Å²) in [6.07, 6.45) is 6.66. The van der Waals surface area contributed by atoms with Crippen LogP contribution in [0.4, 0.5) is 20.3 Å². The zero-order chi connectivity index (χ0) is 29.8. The molecule has 0 spiro atoms. The molecule has 2 N–H and O–H groups in total. The molecule has 0 saturated carbocycles. The van der Waals surface area contributed by atoms with Gasteiger partial charge in [0, 0.05) is 35.8 Å². The van der Waals surface area contributed by atoms with E-state index in [9.17, 15) is 13.6 Å². The molecule has 0 aliphatic rings. The standard InChI is InChI=1S/C30H38N6O.C2H4F2/c1-5-16-35(17-6-2)18-7-14-32-30(37)26-13-12-25(20-23(26)4)34-28-29-33-21-27(36(29)19-15-31-28)24-10-8-22(3)9-11-24;1-2(3)4/h8-13,15,19-21H,5-7,14,16-18H2,1-4H3,(H,31,34)(H,32,37);2H,1H3. The predicted molar refractivity (Wildman–Crippen MR) is 163 cm³/mol. The van der Waals surface area contributed by atoms with Crippen LogP contribution < -0.4 is 10.6 Å². The van der Waals surface area contributed by atoms with Crippen molar-refractivity contribution in [3.63, 3.8) is 0 Å². The molecule has 0 unspecified atom stereocenters. The number of hydrogen-bond donors (Lipinski definition) is 2. The molecule has 9 heteroatoms. The van der Waals surface area contributed by atoms with Gasteiger partial charge in [0.05, 0.1) is 11.9 Å². The third kappa shape index (κ3) is 9.35. The number of nitrogens with zero attached hydrogens (tertiary/aromatic N) is 4. The van der Waals surface area contributed by atoms with Gasteiger partial charge in [0.2, 0.25) is 6.43 Å². The van der Waals surface area contributed by atoms with E-state index < -0.39 is 6.43 Å². The minimum Gasteiger partial charge on any atom is -0.352 e. The van der Waals surface area contributed by atoms with E-state index in [1.165, 1.54) is 5.56 Å². The molecule has 0 fully saturated rings. The van der Waals surface area contributed by atoms with E-state index in [0.717, 1.165) is 74.0 Å². The number of aromatic nitrogens is 3. The molecule has 41 heavy (non-hydrogen) atoms. The van der Waals surface area contributed by atoms with Crippen LogP contribution in [0.25, 0.3) is 16.9 Å². The second-order valence-electron chi connectivity index (χ2n) is 10.1. The van der Waals surface area contributed by atoms with Crippen molar-refractivity contribution in [2.45, 2.75) is 60.3 Å². The number of amides is 1. The van der Waals surface area contributed by atoms with Crippen LogP contribution in [0.3, 0.4) is 0 Å². The van der Waals surface area contributed by atoms with Crippen LogP contribution in [-0.2, 0) is 0 Å². The normalized spacial score (nSPS) is 11.0. The largest absolute Gasteiger partial charge is 0.352 e. The first-order valence-electron chi connectivity index (χ1n) is 14.3. The van der Waals surface area contributed by atoms with Gasteiger partial charge in [0.25, 0.3) is 5.91 Å². The van der Waals surface area contributed by atoms with Crippen molar-refractivity contribution in [1.29, 1.82) is 0 Å². The van der Waals surface area contributed by atoms with Crippen LogP contribution >= 0.6 is 0 Å². The topological polar surface area (TPSA) is 74.6 Å². The van der Waals surface area contributed by atoms with Crippen molar-refractivity contribution in [2.24, 2.45) is 0 Å². The Kier molecular flexibility index (Phi) is 12.2. The number of alkyl halides is 2. The number of aryl methyl sites for hydroxylation is 2. The van der Waals surface area contributed by atoms with Gasteiger partial charge in [-0.3, -0.25) is 9.20 Å². The Labute approximate surface area is 242 Å². The average molecular weight is 565 g/mol. The molecule has 0 bridgehead atoms. The highest BCUT2D eigenvalue weighted by molar-refractivity contribution is 5.96. The Balaban J connectivity index is 0.00000108. The molecule has 0 aliphatic heterocycles. The Hall–Kier alpha value is -3.85. The van der Waals surface area contributed by atoms with Crippen LogP contribution in [0.15, 0.2) is 61.1 Å². The van der Waals surface area contributed by atoms with Crippen LogP contribution in [0.1, 0.15) is 61.5 Å². The van der Waals surface area contributed by atoms with Crippen molar-refractivity contribution >= 4 is 23.1 Å². The molecular weight excluding hydrogens is 522 g/mol. The highest BCUT2D eigenvalue weighted by Crippen LogP contribution is 2.26. The molecule has 0 radical (unpaired) electrons. The monoisotopic (exact) mass is 564 g/mol. The molecule has 2 aromatic heterocycles. The van der Waals surface area contributed by atoms with Gasteiger partial charge in [-0.25, -0.2) is 18.7 Å². The minimum atomic E-state index is -2.17. The van der Waals surface area contributed by atoms with Gasteiger partial charge in [0.1, 0.15) is 0 Å².